The molecule has 4 N–H and O–H groups in total. The monoisotopic (exact) mass is 339 g/mol. The Morgan fingerprint density at radius 3 is 2.28 bits per heavy atom. The van der Waals surface area contributed by atoms with Gasteiger partial charge in [0.25, 0.3) is 0 Å². The molecule has 100 valence electrons. The topological polar surface area (TPSA) is 141 Å². The van der Waals surface area contributed by atoms with E-state index < -0.39 is 45.8 Å². The van der Waals surface area contributed by atoms with E-state index in [1.807, 2.05) is 0 Å². The minimum atomic E-state index is -5.44. The first-order chi connectivity index (χ1) is 8.12. The molecule has 1 aromatic carbocycles. The molecule has 0 saturated carbocycles. The van der Waals surface area contributed by atoms with E-state index in [-0.39, 0.29) is 5.69 Å². The molecule has 0 unspecified atom stereocenters. The molecule has 18 heavy (non-hydrogen) atoms. The molecule has 1 rings (SSSR count). The zero-order valence-electron chi connectivity index (χ0n) is 9.02. The SMILES string of the molecule is CC(=O)Nc1cc(O)c([SH](=O)=O)cc1[As](=O)(O)O. The number of rotatable bonds is 3. The van der Waals surface area contributed by atoms with E-state index in [1.165, 1.54) is 0 Å². The summed E-state index contributed by atoms with van der Waals surface area (Å²) in [6, 6.07) is 1.45. The van der Waals surface area contributed by atoms with E-state index in [4.69, 9.17) is 8.19 Å². The van der Waals surface area contributed by atoms with Crippen molar-refractivity contribution in [2.45, 2.75) is 11.8 Å². The molecule has 0 aliphatic heterocycles. The Balaban J connectivity index is 3.57. The molecule has 0 radical (unpaired) electrons. The summed E-state index contributed by atoms with van der Waals surface area (Å²) >= 11 is -5.44. The van der Waals surface area contributed by atoms with Crippen LogP contribution in [0.3, 0.4) is 0 Å². The van der Waals surface area contributed by atoms with Crippen molar-refractivity contribution in [2.75, 3.05) is 5.32 Å². The first-order valence-electron chi connectivity index (χ1n) is 4.48. The van der Waals surface area contributed by atoms with E-state index in [1.54, 1.807) is 0 Å². The Kier molecular flexibility index (Phi) is 4.23. The number of phenolic OH excluding ortho intramolecular Hbond substituents is 1. The third-order valence-corrected chi connectivity index (χ3v) is 4.76. The molecular formula is C8H10AsNO7S. The van der Waals surface area contributed by atoms with Crippen molar-refractivity contribution in [2.24, 2.45) is 0 Å². The number of carbonyl (C=O) groups is 1. The van der Waals surface area contributed by atoms with Crippen LogP contribution in [0.1, 0.15) is 6.92 Å². The number of carbonyl (C=O) groups excluding carboxylic acids is 1. The molecule has 10 heteroatoms. The number of thiol groups is 1. The van der Waals surface area contributed by atoms with E-state index in [9.17, 15) is 22.1 Å². The molecule has 1 aromatic rings. The second-order valence-electron chi connectivity index (χ2n) is 3.34. The average Bonchev–Trinajstić information content (AvgIpc) is 2.13. The maximum absolute atomic E-state index is 11.2. The predicted molar refractivity (Wildman–Crippen MR) is 61.5 cm³/mol. The van der Waals surface area contributed by atoms with Crippen LogP contribution in [0, 0.1) is 0 Å². The fraction of sp³-hybridized carbons (Fsp3) is 0.125. The van der Waals surface area contributed by atoms with Crippen molar-refractivity contribution in [1.29, 1.82) is 0 Å². The molecule has 0 spiro atoms. The summed E-state index contributed by atoms with van der Waals surface area (Å²) in [7, 11) is -3.21. The first-order valence-corrected chi connectivity index (χ1v) is 9.04. The number of hydrogen-bond acceptors (Lipinski definition) is 5. The van der Waals surface area contributed by atoms with E-state index in [0.29, 0.717) is 6.07 Å². The summed E-state index contributed by atoms with van der Waals surface area (Å²) in [5.41, 5.74) is -0.312. The van der Waals surface area contributed by atoms with Gasteiger partial charge in [0.05, 0.1) is 0 Å². The number of phenols is 1. The van der Waals surface area contributed by atoms with Gasteiger partial charge >= 0.3 is 106 Å². The van der Waals surface area contributed by atoms with Crippen molar-refractivity contribution in [3.63, 3.8) is 0 Å². The summed E-state index contributed by atoms with van der Waals surface area (Å²) < 4.78 is 50.4. The number of amides is 1. The molecule has 0 fully saturated rings. The Bertz CT molecular complexity index is 610. The third kappa shape index (κ3) is 3.36. The Morgan fingerprint density at radius 2 is 1.89 bits per heavy atom. The third-order valence-electron chi connectivity index (χ3n) is 1.91. The minimum absolute atomic E-state index is 0.312. The summed E-state index contributed by atoms with van der Waals surface area (Å²) in [5, 5.41) is 11.5. The van der Waals surface area contributed by atoms with Gasteiger partial charge in [0.1, 0.15) is 0 Å². The van der Waals surface area contributed by atoms with Crippen LogP contribution in [0.5, 0.6) is 5.75 Å². The van der Waals surface area contributed by atoms with Gasteiger partial charge in [-0.1, -0.05) is 0 Å². The molecule has 8 nitrogen and oxygen atoms in total. The van der Waals surface area contributed by atoms with E-state index >= 15 is 0 Å². The van der Waals surface area contributed by atoms with Gasteiger partial charge in [-0.15, -0.1) is 0 Å². The second kappa shape index (κ2) is 5.15. The van der Waals surface area contributed by atoms with Crippen molar-refractivity contribution in [1.82, 2.24) is 0 Å². The van der Waals surface area contributed by atoms with Gasteiger partial charge in [-0.3, -0.25) is 0 Å². The van der Waals surface area contributed by atoms with Gasteiger partial charge in [0, 0.05) is 0 Å². The maximum atomic E-state index is 11.2. The van der Waals surface area contributed by atoms with Crippen LogP contribution in [0.15, 0.2) is 17.0 Å². The average molecular weight is 339 g/mol. The van der Waals surface area contributed by atoms with Gasteiger partial charge in [0.15, 0.2) is 0 Å². The van der Waals surface area contributed by atoms with Crippen LogP contribution in [-0.2, 0) is 19.2 Å². The van der Waals surface area contributed by atoms with Crippen LogP contribution in [0.2, 0.25) is 0 Å². The normalized spacial score (nSPS) is 11.6. The quantitative estimate of drug-likeness (QED) is 0.313. The Hall–Kier alpha value is -1.28. The molecule has 0 aliphatic rings. The van der Waals surface area contributed by atoms with Crippen LogP contribution >= 0.6 is 0 Å². The van der Waals surface area contributed by atoms with Crippen LogP contribution in [0.4, 0.5) is 5.69 Å². The van der Waals surface area contributed by atoms with Crippen molar-refractivity contribution >= 4 is 40.8 Å². The zero-order valence-corrected chi connectivity index (χ0v) is 11.8. The summed E-state index contributed by atoms with van der Waals surface area (Å²) in [6.07, 6.45) is 0. The molecule has 0 saturated heterocycles. The molecular weight excluding hydrogens is 329 g/mol. The summed E-state index contributed by atoms with van der Waals surface area (Å²) in [6.45, 7) is 1.11. The van der Waals surface area contributed by atoms with Gasteiger partial charge in [-0.05, 0) is 0 Å². The molecule has 0 aliphatic carbocycles. The molecule has 0 atom stereocenters. The fourth-order valence-corrected chi connectivity index (χ4v) is 3.48. The number of nitrogens with one attached hydrogen (secondary N) is 1. The molecule has 1 amide bonds. The van der Waals surface area contributed by atoms with Crippen LogP contribution in [0.25, 0.3) is 0 Å². The molecule has 0 aromatic heterocycles. The van der Waals surface area contributed by atoms with E-state index in [0.717, 1.165) is 13.0 Å². The Labute approximate surface area is 106 Å². The number of benzene rings is 1. The van der Waals surface area contributed by atoms with Gasteiger partial charge < -0.3 is 0 Å². The van der Waals surface area contributed by atoms with Gasteiger partial charge in [-0.2, -0.15) is 0 Å². The first kappa shape index (κ1) is 14.8. The van der Waals surface area contributed by atoms with Crippen LogP contribution < -0.4 is 9.67 Å². The summed E-state index contributed by atoms with van der Waals surface area (Å²) in [4.78, 5) is 10.3. The van der Waals surface area contributed by atoms with Gasteiger partial charge in [-0.25, -0.2) is 0 Å². The van der Waals surface area contributed by atoms with Crippen molar-refractivity contribution < 1.29 is 30.2 Å². The molecule has 0 bridgehead atoms. The van der Waals surface area contributed by atoms with E-state index in [2.05, 4.69) is 5.32 Å². The van der Waals surface area contributed by atoms with Crippen molar-refractivity contribution in [3.8, 4) is 5.75 Å². The number of anilines is 1. The Morgan fingerprint density at radius 1 is 1.33 bits per heavy atom. The summed E-state index contributed by atoms with van der Waals surface area (Å²) in [5.74, 6) is -1.30. The predicted octanol–water partition coefficient (Wildman–Crippen LogP) is -2.12. The second-order valence-corrected chi connectivity index (χ2v) is 7.63. The van der Waals surface area contributed by atoms with Crippen LogP contribution in [-0.4, -0.2) is 41.8 Å². The number of hydrogen-bond donors (Lipinski definition) is 5. The molecule has 0 heterocycles. The number of aromatic hydroxyl groups is 1. The zero-order chi connectivity index (χ0) is 14.1. The standard InChI is InChI=1S/C8H10AsNO7S/c1-4(11)10-6-3-7(12)8(18(16)17)2-5(6)9(13,14)15/h2-3,12,18H,1H3,(H,10,11)(H2,13,14,15). The fourth-order valence-electron chi connectivity index (χ4n) is 1.24. The van der Waals surface area contributed by atoms with Gasteiger partial charge in [0.2, 0.25) is 0 Å². The van der Waals surface area contributed by atoms with Crippen molar-refractivity contribution in [3.05, 3.63) is 12.1 Å².